The van der Waals surface area contributed by atoms with Crippen molar-refractivity contribution in [2.24, 2.45) is 7.05 Å². The maximum atomic E-state index is 12.0. The van der Waals surface area contributed by atoms with Gasteiger partial charge in [0.05, 0.1) is 13.3 Å². The van der Waals surface area contributed by atoms with Crippen LogP contribution in [0.25, 0.3) is 5.69 Å². The molecule has 3 heterocycles. The average Bonchev–Trinajstić information content (AvgIpc) is 3.05. The summed E-state index contributed by atoms with van der Waals surface area (Å²) in [5, 5.41) is 9.44. The number of ether oxygens (including phenoxy) is 1. The van der Waals surface area contributed by atoms with Crippen LogP contribution in [0.1, 0.15) is 6.93 Å². The third-order valence-electron chi connectivity index (χ3n) is 2.64. The largest absolute Gasteiger partial charge is 0.465 e. The number of nitrogens with zero attached hydrogens (tertiary/aromatic N) is 6. The van der Waals surface area contributed by atoms with Gasteiger partial charge in [-0.2, -0.15) is 9.36 Å². The first-order valence-corrected chi connectivity index (χ1v) is 7.40. The van der Waals surface area contributed by atoms with Gasteiger partial charge in [-0.05, 0) is 26.4 Å². The lowest BCUT2D eigenvalue weighted by Crippen LogP contribution is -2.23. The van der Waals surface area contributed by atoms with E-state index < -0.39 is 0 Å². The molecule has 0 saturated carbocycles. The molecule has 8 nitrogen and oxygen atoms in total. The molecule has 0 unspecified atom stereocenters. The molecule has 0 aliphatic rings. The summed E-state index contributed by atoms with van der Waals surface area (Å²) in [4.78, 5) is 20.0. The van der Waals surface area contributed by atoms with E-state index in [2.05, 4.69) is 36.3 Å². The van der Waals surface area contributed by atoms with E-state index in [0.717, 1.165) is 9.36 Å². The van der Waals surface area contributed by atoms with Crippen molar-refractivity contribution >= 4 is 27.3 Å². The maximum absolute atomic E-state index is 12.0. The standard InChI is InChI=1S/C11H9BrN6O2S/c1-17-11(19)18(16-15-17)9-5-13-4-8(12)7(9)6-20-10-14-2-3-21-10/h2-5H,6H2,1H3/i2T. The van der Waals surface area contributed by atoms with Crippen molar-refractivity contribution in [3.63, 3.8) is 0 Å². The molecule has 108 valence electrons. The fourth-order valence-electron chi connectivity index (χ4n) is 1.62. The fourth-order valence-corrected chi connectivity index (χ4v) is 2.50. The van der Waals surface area contributed by atoms with Crippen LogP contribution < -0.4 is 10.4 Å². The smallest absolute Gasteiger partial charge is 0.368 e. The zero-order valence-electron chi connectivity index (χ0n) is 11.7. The Morgan fingerprint density at radius 3 is 3.00 bits per heavy atom. The maximum Gasteiger partial charge on any atom is 0.368 e. The molecule has 0 spiro atoms. The highest BCUT2D eigenvalue weighted by Crippen LogP contribution is 2.24. The molecule has 0 fully saturated rings. The third-order valence-corrected chi connectivity index (χ3v) is 3.96. The molecule has 0 bridgehead atoms. The van der Waals surface area contributed by atoms with E-state index in [9.17, 15) is 4.79 Å². The van der Waals surface area contributed by atoms with Gasteiger partial charge in [0.2, 0.25) is 0 Å². The zero-order valence-corrected chi connectivity index (χ0v) is 13.1. The molecule has 0 saturated heterocycles. The van der Waals surface area contributed by atoms with Crippen molar-refractivity contribution < 1.29 is 6.11 Å². The van der Waals surface area contributed by atoms with Gasteiger partial charge in [-0.15, -0.1) is 0 Å². The van der Waals surface area contributed by atoms with Gasteiger partial charge in [-0.25, -0.2) is 9.78 Å². The summed E-state index contributed by atoms with van der Waals surface area (Å²) in [5.41, 5.74) is 0.762. The summed E-state index contributed by atoms with van der Waals surface area (Å²) < 4.78 is 15.9. The summed E-state index contributed by atoms with van der Waals surface area (Å²) in [6, 6.07) is 0. The first-order valence-electron chi connectivity index (χ1n) is 6.23. The lowest BCUT2D eigenvalue weighted by Gasteiger charge is -2.09. The molecular weight excluding hydrogens is 360 g/mol. The van der Waals surface area contributed by atoms with E-state index in [1.807, 2.05) is 0 Å². The number of tetrazole rings is 1. The Bertz CT molecular complexity index is 876. The normalized spacial score (nSPS) is 11.4. The molecule has 0 amide bonds. The lowest BCUT2D eigenvalue weighted by molar-refractivity contribution is 0.303. The minimum atomic E-state index is -0.385. The number of halogens is 1. The van der Waals surface area contributed by atoms with Crippen LogP contribution in [0.15, 0.2) is 33.2 Å². The predicted molar refractivity (Wildman–Crippen MR) is 78.5 cm³/mol. The predicted octanol–water partition coefficient (Wildman–Crippen LogP) is 1.16. The number of thiazole rings is 1. The van der Waals surface area contributed by atoms with Gasteiger partial charge < -0.3 is 4.74 Å². The highest BCUT2D eigenvalue weighted by atomic mass is 79.9. The molecule has 0 N–H and O–H groups in total. The van der Waals surface area contributed by atoms with Gasteiger partial charge in [0, 0.05) is 34.8 Å². The molecule has 0 aliphatic heterocycles. The molecule has 0 radical (unpaired) electrons. The van der Waals surface area contributed by atoms with E-state index in [0.29, 0.717) is 20.9 Å². The molecule has 0 aromatic carbocycles. The van der Waals surface area contributed by atoms with E-state index >= 15 is 0 Å². The minimum Gasteiger partial charge on any atom is -0.465 e. The van der Waals surface area contributed by atoms with Crippen molar-refractivity contribution in [3.05, 3.63) is 44.5 Å². The Morgan fingerprint density at radius 2 is 2.33 bits per heavy atom. The van der Waals surface area contributed by atoms with Crippen LogP contribution in [0.3, 0.4) is 0 Å². The summed E-state index contributed by atoms with van der Waals surface area (Å²) in [6.07, 6.45) is 3.26. The van der Waals surface area contributed by atoms with E-state index in [1.165, 1.54) is 24.6 Å². The Balaban J connectivity index is 1.96. The molecule has 3 aromatic heterocycles. The van der Waals surface area contributed by atoms with E-state index in [-0.39, 0.29) is 18.5 Å². The molecule has 0 aliphatic carbocycles. The Morgan fingerprint density at radius 1 is 1.48 bits per heavy atom. The molecule has 3 rings (SSSR count). The second kappa shape index (κ2) is 5.74. The summed E-state index contributed by atoms with van der Waals surface area (Å²) in [7, 11) is 1.51. The van der Waals surface area contributed by atoms with Gasteiger partial charge in [-0.3, -0.25) is 4.98 Å². The Kier molecular flexibility index (Phi) is 3.46. The van der Waals surface area contributed by atoms with Gasteiger partial charge in [0.15, 0.2) is 0 Å². The van der Waals surface area contributed by atoms with Crippen LogP contribution in [0, 0.1) is 0 Å². The summed E-state index contributed by atoms with van der Waals surface area (Å²) >= 11 is 4.62. The topological polar surface area (TPSA) is 87.7 Å². The van der Waals surface area contributed by atoms with Crippen LogP contribution in [-0.4, -0.2) is 29.8 Å². The van der Waals surface area contributed by atoms with Crippen molar-refractivity contribution in [2.75, 3.05) is 0 Å². The van der Waals surface area contributed by atoms with Crippen molar-refractivity contribution in [1.29, 1.82) is 0 Å². The minimum absolute atomic E-state index is 0.147. The van der Waals surface area contributed by atoms with Gasteiger partial charge >= 0.3 is 5.69 Å². The molecular formula is C11H9BrN6O2S. The highest BCUT2D eigenvalue weighted by molar-refractivity contribution is 9.10. The molecule has 10 heteroatoms. The Hall–Kier alpha value is -2.07. The quantitative estimate of drug-likeness (QED) is 0.684. The SMILES string of the molecule is [3H]c1csc(OCc2c(Br)cncc2-n2nnn(C)c2=O)n1. The zero-order chi connectivity index (χ0) is 15.7. The van der Waals surface area contributed by atoms with Gasteiger partial charge in [-0.1, -0.05) is 11.3 Å². The molecule has 21 heavy (non-hydrogen) atoms. The van der Waals surface area contributed by atoms with E-state index in [4.69, 9.17) is 6.11 Å². The third kappa shape index (κ3) is 2.72. The van der Waals surface area contributed by atoms with Crippen LogP contribution in [-0.2, 0) is 13.7 Å². The van der Waals surface area contributed by atoms with Crippen molar-refractivity contribution in [2.45, 2.75) is 6.61 Å². The average molecular weight is 371 g/mol. The molecule has 3 aromatic rings. The van der Waals surface area contributed by atoms with Crippen molar-refractivity contribution in [3.8, 4) is 10.9 Å². The number of aromatic nitrogens is 6. The van der Waals surface area contributed by atoms with Gasteiger partial charge in [0.1, 0.15) is 6.61 Å². The molecule has 0 atom stereocenters. The number of hydrogen-bond donors (Lipinski definition) is 0. The van der Waals surface area contributed by atoms with Gasteiger partial charge in [0.25, 0.3) is 5.19 Å². The summed E-state index contributed by atoms with van der Waals surface area (Å²) in [5.74, 6) is 0. The highest BCUT2D eigenvalue weighted by Gasteiger charge is 2.15. The monoisotopic (exact) mass is 370 g/mol. The number of hydrogen-bond acceptors (Lipinski definition) is 7. The summed E-state index contributed by atoms with van der Waals surface area (Å²) in [6.45, 7) is 0.147. The second-order valence-corrected chi connectivity index (χ2v) is 5.62. The number of pyridine rings is 1. The van der Waals surface area contributed by atoms with Crippen LogP contribution >= 0.6 is 27.3 Å². The second-order valence-electron chi connectivity index (χ2n) is 3.95. The van der Waals surface area contributed by atoms with E-state index in [1.54, 1.807) is 11.6 Å². The Labute approximate surface area is 132 Å². The first-order chi connectivity index (χ1) is 10.6. The fraction of sp³-hybridized carbons (Fsp3) is 0.182. The van der Waals surface area contributed by atoms with Crippen LogP contribution in [0.2, 0.25) is 0 Å². The van der Waals surface area contributed by atoms with Crippen molar-refractivity contribution in [1.82, 2.24) is 29.8 Å². The first kappa shape index (κ1) is 12.7. The number of rotatable bonds is 4. The van der Waals surface area contributed by atoms with Crippen LogP contribution in [0.4, 0.5) is 0 Å². The number of aryl methyl sites for hydroxylation is 1. The lowest BCUT2D eigenvalue weighted by atomic mass is 10.2. The van der Waals surface area contributed by atoms with Crippen LogP contribution in [0.5, 0.6) is 5.19 Å².